The molecular weight excluding hydrogens is 324 g/mol. The van der Waals surface area contributed by atoms with Gasteiger partial charge < -0.3 is 15.2 Å². The minimum atomic E-state index is -0.896. The second kappa shape index (κ2) is 8.22. The Labute approximate surface area is 147 Å². The maximum atomic E-state index is 12.4. The third-order valence-corrected chi connectivity index (χ3v) is 4.48. The number of hydrogen-bond acceptors (Lipinski definition) is 6. The fourth-order valence-electron chi connectivity index (χ4n) is 2.96. The Morgan fingerprint density at radius 2 is 1.76 bits per heavy atom. The van der Waals surface area contributed by atoms with Crippen LogP contribution in [-0.4, -0.2) is 60.6 Å². The molecule has 2 rings (SSSR count). The lowest BCUT2D eigenvalue weighted by Crippen LogP contribution is -2.45. The fourth-order valence-corrected chi connectivity index (χ4v) is 2.96. The highest BCUT2D eigenvalue weighted by Gasteiger charge is 2.37. The van der Waals surface area contributed by atoms with Crippen LogP contribution in [0.4, 0.5) is 0 Å². The van der Waals surface area contributed by atoms with Gasteiger partial charge in [-0.05, 0) is 18.1 Å². The summed E-state index contributed by atoms with van der Waals surface area (Å²) in [5, 5.41) is 13.5. The lowest BCUT2D eigenvalue weighted by Gasteiger charge is -2.29. The Morgan fingerprint density at radius 3 is 2.24 bits per heavy atom. The molecule has 2 atom stereocenters. The van der Waals surface area contributed by atoms with Crippen molar-refractivity contribution in [3.05, 3.63) is 35.4 Å². The van der Waals surface area contributed by atoms with Gasteiger partial charge in [0.1, 0.15) is 0 Å². The molecule has 1 aliphatic heterocycles. The largest absolute Gasteiger partial charge is 0.468 e. The number of hydrogen-bond donors (Lipinski definition) is 2. The maximum absolute atomic E-state index is 12.4. The van der Waals surface area contributed by atoms with Crippen LogP contribution in [0.1, 0.15) is 34.6 Å². The SMILES string of the molecule is COC(=O)CNCC(C(C)C)[C@@H](O)CN1C(=O)c2ccccc2C1=O. The zero-order chi connectivity index (χ0) is 18.6. The summed E-state index contributed by atoms with van der Waals surface area (Å²) >= 11 is 0. The van der Waals surface area contributed by atoms with Crippen molar-refractivity contribution in [1.29, 1.82) is 0 Å². The predicted octanol–water partition coefficient (Wildman–Crippen LogP) is 0.678. The highest BCUT2D eigenvalue weighted by atomic mass is 16.5. The van der Waals surface area contributed by atoms with Crippen LogP contribution in [0.2, 0.25) is 0 Å². The third-order valence-electron chi connectivity index (χ3n) is 4.48. The Balaban J connectivity index is 2.01. The second-order valence-corrected chi connectivity index (χ2v) is 6.45. The summed E-state index contributed by atoms with van der Waals surface area (Å²) in [5.41, 5.74) is 0.731. The number of β-amino-alcohol motifs (C(OH)–C–C–N with tert-alkyl or cyclic N) is 1. The van der Waals surface area contributed by atoms with Crippen molar-refractivity contribution in [3.63, 3.8) is 0 Å². The number of carbonyl (C=O) groups is 3. The van der Waals surface area contributed by atoms with E-state index >= 15 is 0 Å². The van der Waals surface area contributed by atoms with Crippen LogP contribution in [-0.2, 0) is 9.53 Å². The summed E-state index contributed by atoms with van der Waals surface area (Å²) in [7, 11) is 1.31. The molecule has 1 aromatic rings. The molecule has 7 heteroatoms. The Hall–Kier alpha value is -2.25. The van der Waals surface area contributed by atoms with Gasteiger partial charge in [0.15, 0.2) is 0 Å². The van der Waals surface area contributed by atoms with Crippen LogP contribution in [0, 0.1) is 11.8 Å². The van der Waals surface area contributed by atoms with Gasteiger partial charge in [0.05, 0.1) is 37.4 Å². The minimum absolute atomic E-state index is 0.0411. The molecule has 0 bridgehead atoms. The molecule has 136 valence electrons. The van der Waals surface area contributed by atoms with E-state index in [1.165, 1.54) is 7.11 Å². The van der Waals surface area contributed by atoms with E-state index in [0.29, 0.717) is 17.7 Å². The van der Waals surface area contributed by atoms with Crippen LogP contribution >= 0.6 is 0 Å². The Morgan fingerprint density at radius 1 is 1.20 bits per heavy atom. The Bertz CT molecular complexity index is 624. The average Bonchev–Trinajstić information content (AvgIpc) is 2.83. The monoisotopic (exact) mass is 348 g/mol. The lowest BCUT2D eigenvalue weighted by molar-refractivity contribution is -0.139. The summed E-state index contributed by atoms with van der Waals surface area (Å²) in [4.78, 5) is 37.1. The molecular formula is C18H24N2O5. The van der Waals surface area contributed by atoms with Gasteiger partial charge in [0.2, 0.25) is 0 Å². The number of fused-ring (bicyclic) bond motifs is 1. The van der Waals surface area contributed by atoms with Crippen molar-refractivity contribution in [2.45, 2.75) is 20.0 Å². The molecule has 0 aliphatic carbocycles. The van der Waals surface area contributed by atoms with Crippen molar-refractivity contribution >= 4 is 17.8 Å². The van der Waals surface area contributed by atoms with Crippen LogP contribution < -0.4 is 5.32 Å². The molecule has 2 amide bonds. The van der Waals surface area contributed by atoms with E-state index in [-0.39, 0.29) is 36.7 Å². The van der Waals surface area contributed by atoms with Crippen molar-refractivity contribution in [2.24, 2.45) is 11.8 Å². The number of nitrogens with zero attached hydrogens (tertiary/aromatic N) is 1. The molecule has 1 unspecified atom stereocenters. The van der Waals surface area contributed by atoms with Crippen molar-refractivity contribution < 1.29 is 24.2 Å². The van der Waals surface area contributed by atoms with Gasteiger partial charge in [-0.2, -0.15) is 0 Å². The number of nitrogens with one attached hydrogen (secondary N) is 1. The number of aliphatic hydroxyl groups excluding tert-OH is 1. The normalized spacial score (nSPS) is 16.1. The Kier molecular flexibility index (Phi) is 6.27. The van der Waals surface area contributed by atoms with Gasteiger partial charge in [-0.25, -0.2) is 0 Å². The summed E-state index contributed by atoms with van der Waals surface area (Å²) in [6, 6.07) is 6.63. The first-order valence-electron chi connectivity index (χ1n) is 8.27. The molecule has 0 radical (unpaired) electrons. The zero-order valence-corrected chi connectivity index (χ0v) is 14.7. The molecule has 1 aliphatic rings. The van der Waals surface area contributed by atoms with E-state index in [4.69, 9.17) is 0 Å². The number of aliphatic hydroxyl groups is 1. The fraction of sp³-hybridized carbons (Fsp3) is 0.500. The number of carbonyl (C=O) groups excluding carboxylic acids is 3. The number of rotatable bonds is 8. The third kappa shape index (κ3) is 4.24. The first kappa shape index (κ1) is 19.1. The van der Waals surface area contributed by atoms with Crippen LogP contribution in [0.3, 0.4) is 0 Å². The first-order chi connectivity index (χ1) is 11.9. The summed E-state index contributed by atoms with van der Waals surface area (Å²) in [6.07, 6.45) is -0.896. The smallest absolute Gasteiger partial charge is 0.319 e. The predicted molar refractivity (Wildman–Crippen MR) is 91.0 cm³/mol. The van der Waals surface area contributed by atoms with E-state index in [1.807, 2.05) is 13.8 Å². The molecule has 1 aromatic carbocycles. The van der Waals surface area contributed by atoms with Crippen LogP contribution in [0.15, 0.2) is 24.3 Å². The maximum Gasteiger partial charge on any atom is 0.319 e. The standard InChI is InChI=1S/C18H24N2O5/c1-11(2)14(8-19-9-16(22)25-3)15(21)10-20-17(23)12-6-4-5-7-13(12)18(20)24/h4-7,11,14-15,19,21H,8-10H2,1-3H3/t14?,15-/m0/s1. The van der Waals surface area contributed by atoms with Crippen molar-refractivity contribution in [3.8, 4) is 0 Å². The van der Waals surface area contributed by atoms with Gasteiger partial charge in [0.25, 0.3) is 11.8 Å². The van der Waals surface area contributed by atoms with Crippen LogP contribution in [0.25, 0.3) is 0 Å². The van der Waals surface area contributed by atoms with Crippen molar-refractivity contribution in [1.82, 2.24) is 10.2 Å². The van der Waals surface area contributed by atoms with E-state index < -0.39 is 12.1 Å². The number of methoxy groups -OCH3 is 1. The molecule has 25 heavy (non-hydrogen) atoms. The van der Waals surface area contributed by atoms with Gasteiger partial charge in [0, 0.05) is 12.5 Å². The van der Waals surface area contributed by atoms with Crippen LogP contribution in [0.5, 0.6) is 0 Å². The molecule has 7 nitrogen and oxygen atoms in total. The average molecular weight is 348 g/mol. The van der Waals surface area contributed by atoms with E-state index in [1.54, 1.807) is 24.3 Å². The summed E-state index contributed by atoms with van der Waals surface area (Å²) < 4.78 is 4.56. The first-order valence-corrected chi connectivity index (χ1v) is 8.27. The van der Waals surface area contributed by atoms with Gasteiger partial charge in [-0.1, -0.05) is 26.0 Å². The topological polar surface area (TPSA) is 95.9 Å². The van der Waals surface area contributed by atoms with E-state index in [0.717, 1.165) is 4.90 Å². The zero-order valence-electron chi connectivity index (χ0n) is 14.7. The molecule has 0 saturated carbocycles. The molecule has 0 saturated heterocycles. The summed E-state index contributed by atoms with van der Waals surface area (Å²) in [5.74, 6) is -1.30. The number of benzene rings is 1. The molecule has 2 N–H and O–H groups in total. The van der Waals surface area contributed by atoms with Crippen molar-refractivity contribution in [2.75, 3.05) is 26.7 Å². The highest BCUT2D eigenvalue weighted by molar-refractivity contribution is 6.21. The molecule has 0 fully saturated rings. The molecule has 0 spiro atoms. The van der Waals surface area contributed by atoms with Gasteiger partial charge in [-0.15, -0.1) is 0 Å². The second-order valence-electron chi connectivity index (χ2n) is 6.45. The quantitative estimate of drug-likeness (QED) is 0.530. The molecule has 0 aromatic heterocycles. The lowest BCUT2D eigenvalue weighted by atomic mass is 9.89. The highest BCUT2D eigenvalue weighted by Crippen LogP contribution is 2.24. The molecule has 1 heterocycles. The number of ether oxygens (including phenoxy) is 1. The van der Waals surface area contributed by atoms with Gasteiger partial charge >= 0.3 is 5.97 Å². The number of amides is 2. The minimum Gasteiger partial charge on any atom is -0.468 e. The number of esters is 1. The van der Waals surface area contributed by atoms with E-state index in [9.17, 15) is 19.5 Å². The van der Waals surface area contributed by atoms with E-state index in [2.05, 4.69) is 10.1 Å². The number of imide groups is 1. The summed E-state index contributed by atoms with van der Waals surface area (Å²) in [6.45, 7) is 4.22. The van der Waals surface area contributed by atoms with Gasteiger partial charge in [-0.3, -0.25) is 19.3 Å².